The SMILES string of the molecule is CCN(C)C(=O)c1cc(S(=O)(=O)N(C)c2ccc(F)cc2)ccc1Cl. The minimum absolute atomic E-state index is 0.0726. The van der Waals surface area contributed by atoms with Crippen LogP contribution in [0.25, 0.3) is 0 Å². The van der Waals surface area contributed by atoms with Crippen LogP contribution in [0.4, 0.5) is 10.1 Å². The van der Waals surface area contributed by atoms with Crippen LogP contribution in [-0.4, -0.2) is 39.9 Å². The molecule has 0 fully saturated rings. The largest absolute Gasteiger partial charge is 0.342 e. The third-order valence-corrected chi connectivity index (χ3v) is 5.95. The molecule has 0 saturated heterocycles. The van der Waals surface area contributed by atoms with E-state index in [2.05, 4.69) is 0 Å². The molecule has 0 unspecified atom stereocenters. The van der Waals surface area contributed by atoms with Crippen LogP contribution < -0.4 is 4.31 Å². The number of carbonyl (C=O) groups excluding carboxylic acids is 1. The molecule has 0 saturated carbocycles. The molecule has 0 heterocycles. The summed E-state index contributed by atoms with van der Waals surface area (Å²) in [4.78, 5) is 13.7. The van der Waals surface area contributed by atoms with Crippen LogP contribution in [0, 0.1) is 5.82 Å². The zero-order chi connectivity index (χ0) is 18.8. The van der Waals surface area contributed by atoms with Crippen molar-refractivity contribution in [1.82, 2.24) is 4.90 Å². The molecule has 1 amide bonds. The van der Waals surface area contributed by atoms with E-state index in [4.69, 9.17) is 11.6 Å². The molecule has 0 atom stereocenters. The summed E-state index contributed by atoms with van der Waals surface area (Å²) >= 11 is 6.06. The highest BCUT2D eigenvalue weighted by Crippen LogP contribution is 2.26. The van der Waals surface area contributed by atoms with Crippen LogP contribution >= 0.6 is 11.6 Å². The van der Waals surface area contributed by atoms with Gasteiger partial charge in [0.1, 0.15) is 5.82 Å². The van der Waals surface area contributed by atoms with Gasteiger partial charge < -0.3 is 4.90 Å². The molecule has 0 N–H and O–H groups in total. The molecule has 5 nitrogen and oxygen atoms in total. The first-order valence-corrected chi connectivity index (χ1v) is 9.29. The monoisotopic (exact) mass is 384 g/mol. The van der Waals surface area contributed by atoms with Gasteiger partial charge in [0.05, 0.1) is 21.2 Å². The fourth-order valence-corrected chi connectivity index (χ4v) is 3.55. The second-order valence-corrected chi connectivity index (χ2v) is 7.79. The van der Waals surface area contributed by atoms with E-state index < -0.39 is 15.8 Å². The van der Waals surface area contributed by atoms with E-state index in [0.717, 1.165) is 4.31 Å². The Morgan fingerprint density at radius 3 is 2.28 bits per heavy atom. The Bertz CT molecular complexity index is 885. The van der Waals surface area contributed by atoms with Gasteiger partial charge in [0.2, 0.25) is 0 Å². The summed E-state index contributed by atoms with van der Waals surface area (Å²) in [6.45, 7) is 2.26. The van der Waals surface area contributed by atoms with Crippen molar-refractivity contribution in [3.8, 4) is 0 Å². The highest BCUT2D eigenvalue weighted by molar-refractivity contribution is 7.92. The summed E-state index contributed by atoms with van der Waals surface area (Å²) in [6.07, 6.45) is 0. The van der Waals surface area contributed by atoms with Crippen LogP contribution in [0.3, 0.4) is 0 Å². The maximum atomic E-state index is 13.0. The van der Waals surface area contributed by atoms with Gasteiger partial charge in [-0.1, -0.05) is 11.6 Å². The summed E-state index contributed by atoms with van der Waals surface area (Å²) < 4.78 is 39.7. The van der Waals surface area contributed by atoms with Gasteiger partial charge in [0.25, 0.3) is 15.9 Å². The lowest BCUT2D eigenvalue weighted by molar-refractivity contribution is 0.0802. The summed E-state index contributed by atoms with van der Waals surface area (Å²) in [5.74, 6) is -0.828. The first kappa shape index (κ1) is 19.2. The van der Waals surface area contributed by atoms with Gasteiger partial charge >= 0.3 is 0 Å². The predicted octanol–water partition coefficient (Wildman–Crippen LogP) is 3.40. The number of halogens is 2. The zero-order valence-electron chi connectivity index (χ0n) is 14.0. The Kier molecular flexibility index (Phi) is 5.69. The highest BCUT2D eigenvalue weighted by atomic mass is 35.5. The van der Waals surface area contributed by atoms with Gasteiger partial charge in [0.15, 0.2) is 0 Å². The Morgan fingerprint density at radius 1 is 1.12 bits per heavy atom. The maximum absolute atomic E-state index is 13.0. The smallest absolute Gasteiger partial charge is 0.264 e. The lowest BCUT2D eigenvalue weighted by atomic mass is 10.2. The molecule has 2 rings (SSSR count). The molecule has 8 heteroatoms. The second kappa shape index (κ2) is 7.41. The molecule has 0 aliphatic carbocycles. The van der Waals surface area contributed by atoms with Crippen molar-refractivity contribution in [2.75, 3.05) is 24.9 Å². The minimum atomic E-state index is -3.93. The summed E-state index contributed by atoms with van der Waals surface area (Å²) in [6, 6.07) is 9.04. The zero-order valence-corrected chi connectivity index (χ0v) is 15.6. The third-order valence-electron chi connectivity index (χ3n) is 3.84. The van der Waals surface area contributed by atoms with Crippen molar-refractivity contribution in [2.45, 2.75) is 11.8 Å². The first-order valence-electron chi connectivity index (χ1n) is 7.48. The van der Waals surface area contributed by atoms with Crippen LogP contribution in [0.1, 0.15) is 17.3 Å². The van der Waals surface area contributed by atoms with Gasteiger partial charge in [-0.15, -0.1) is 0 Å². The lowest BCUT2D eigenvalue weighted by Crippen LogP contribution is -2.28. The van der Waals surface area contributed by atoms with E-state index in [0.29, 0.717) is 12.2 Å². The summed E-state index contributed by atoms with van der Waals surface area (Å²) in [5, 5.41) is 0.175. The Labute approximate surface area is 151 Å². The van der Waals surface area contributed by atoms with Gasteiger partial charge in [-0.2, -0.15) is 0 Å². The van der Waals surface area contributed by atoms with Crippen molar-refractivity contribution in [3.63, 3.8) is 0 Å². The maximum Gasteiger partial charge on any atom is 0.264 e. The predicted molar refractivity (Wildman–Crippen MR) is 96.1 cm³/mol. The molecule has 0 aromatic heterocycles. The number of hydrogen-bond donors (Lipinski definition) is 0. The average molecular weight is 385 g/mol. The molecule has 2 aromatic carbocycles. The van der Waals surface area contributed by atoms with E-state index in [-0.39, 0.29) is 21.4 Å². The fraction of sp³-hybridized carbons (Fsp3) is 0.235. The third kappa shape index (κ3) is 3.93. The summed E-state index contributed by atoms with van der Waals surface area (Å²) in [5.41, 5.74) is 0.412. The normalized spacial score (nSPS) is 11.2. The second-order valence-electron chi connectivity index (χ2n) is 5.41. The van der Waals surface area contributed by atoms with Crippen molar-refractivity contribution in [3.05, 3.63) is 58.9 Å². The van der Waals surface area contributed by atoms with Gasteiger partial charge in [-0.05, 0) is 49.4 Å². The number of hydrogen-bond acceptors (Lipinski definition) is 3. The van der Waals surface area contributed by atoms with E-state index >= 15 is 0 Å². The molecule has 0 radical (unpaired) electrons. The van der Waals surface area contributed by atoms with Gasteiger partial charge in [-0.25, -0.2) is 12.8 Å². The molecule has 134 valence electrons. The molecule has 25 heavy (non-hydrogen) atoms. The Balaban J connectivity index is 2.46. The molecule has 2 aromatic rings. The molecule has 0 aliphatic heterocycles. The molecule has 0 spiro atoms. The van der Waals surface area contributed by atoms with E-state index in [1.54, 1.807) is 14.0 Å². The number of nitrogens with zero attached hydrogens (tertiary/aromatic N) is 2. The minimum Gasteiger partial charge on any atom is -0.342 e. The Hall–Kier alpha value is -2.12. The quantitative estimate of drug-likeness (QED) is 0.793. The number of amides is 1. The molecular formula is C17H18ClFN2O3S. The van der Waals surface area contributed by atoms with Crippen molar-refractivity contribution >= 4 is 33.2 Å². The molecule has 0 aliphatic rings. The number of benzene rings is 2. The Morgan fingerprint density at radius 2 is 1.72 bits per heavy atom. The van der Waals surface area contributed by atoms with Crippen molar-refractivity contribution in [1.29, 1.82) is 0 Å². The number of anilines is 1. The number of sulfonamides is 1. The topological polar surface area (TPSA) is 57.7 Å². The average Bonchev–Trinajstić information content (AvgIpc) is 2.60. The van der Waals surface area contributed by atoms with Crippen LogP contribution in [0.2, 0.25) is 5.02 Å². The fourth-order valence-electron chi connectivity index (χ4n) is 2.13. The van der Waals surface area contributed by atoms with E-state index in [1.165, 1.54) is 54.4 Å². The number of rotatable bonds is 5. The first-order chi connectivity index (χ1) is 11.7. The van der Waals surface area contributed by atoms with E-state index in [1.807, 2.05) is 0 Å². The van der Waals surface area contributed by atoms with Crippen LogP contribution in [0.5, 0.6) is 0 Å². The van der Waals surface area contributed by atoms with Gasteiger partial charge in [-0.3, -0.25) is 9.10 Å². The van der Waals surface area contributed by atoms with Gasteiger partial charge in [0, 0.05) is 20.6 Å². The van der Waals surface area contributed by atoms with Crippen molar-refractivity contribution < 1.29 is 17.6 Å². The lowest BCUT2D eigenvalue weighted by Gasteiger charge is -2.21. The van der Waals surface area contributed by atoms with Crippen molar-refractivity contribution in [2.24, 2.45) is 0 Å². The standard InChI is InChI=1S/C17H18ClFN2O3S/c1-4-20(2)17(22)15-11-14(9-10-16(15)18)25(23,24)21(3)13-7-5-12(19)6-8-13/h5-11H,4H2,1-3H3. The number of carbonyl (C=O) groups is 1. The summed E-state index contributed by atoms with van der Waals surface area (Å²) in [7, 11) is -0.969. The highest BCUT2D eigenvalue weighted by Gasteiger charge is 2.24. The molecule has 0 bridgehead atoms. The van der Waals surface area contributed by atoms with Crippen LogP contribution in [0.15, 0.2) is 47.4 Å². The van der Waals surface area contributed by atoms with E-state index in [9.17, 15) is 17.6 Å². The van der Waals surface area contributed by atoms with Crippen LogP contribution in [-0.2, 0) is 10.0 Å². The molecular weight excluding hydrogens is 367 g/mol.